The van der Waals surface area contributed by atoms with Crippen LogP contribution in [0.3, 0.4) is 0 Å². The van der Waals surface area contributed by atoms with Crippen molar-refractivity contribution in [2.75, 3.05) is 5.32 Å². The van der Waals surface area contributed by atoms with E-state index in [0.29, 0.717) is 0 Å². The van der Waals surface area contributed by atoms with Crippen molar-refractivity contribution in [3.8, 4) is 0 Å². The van der Waals surface area contributed by atoms with E-state index in [1.807, 2.05) is 66.3 Å². The zero-order valence-corrected chi connectivity index (χ0v) is 13.9. The summed E-state index contributed by atoms with van der Waals surface area (Å²) in [6.07, 6.45) is 5.27. The molecule has 0 unspecified atom stereocenters. The Kier molecular flexibility index (Phi) is 3.63. The number of nitrogens with zero attached hydrogens (tertiary/aromatic N) is 2. The molecule has 0 aliphatic heterocycles. The normalized spacial score (nSPS) is 11.5. The van der Waals surface area contributed by atoms with Gasteiger partial charge in [0.1, 0.15) is 5.01 Å². The summed E-state index contributed by atoms with van der Waals surface area (Å²) in [4.78, 5) is 16.7. The number of nitrogens with one attached hydrogen (secondary N) is 1. The molecule has 0 bridgehead atoms. The quantitative estimate of drug-likeness (QED) is 0.563. The van der Waals surface area contributed by atoms with Crippen molar-refractivity contribution in [1.29, 1.82) is 0 Å². The Morgan fingerprint density at radius 2 is 2.04 bits per heavy atom. The van der Waals surface area contributed by atoms with Gasteiger partial charge in [-0.2, -0.15) is 0 Å². The van der Waals surface area contributed by atoms with Crippen molar-refractivity contribution in [2.45, 2.75) is 0 Å². The van der Waals surface area contributed by atoms with E-state index < -0.39 is 0 Å². The van der Waals surface area contributed by atoms with Crippen molar-refractivity contribution < 1.29 is 4.79 Å². The minimum Gasteiger partial charge on any atom is -0.350 e. The van der Waals surface area contributed by atoms with Crippen LogP contribution in [0.25, 0.3) is 27.2 Å². The van der Waals surface area contributed by atoms with Gasteiger partial charge < -0.3 is 9.88 Å². The fourth-order valence-corrected chi connectivity index (χ4v) is 3.56. The molecule has 0 fully saturated rings. The summed E-state index contributed by atoms with van der Waals surface area (Å²) < 4.78 is 3.15. The van der Waals surface area contributed by atoms with Gasteiger partial charge in [-0.25, -0.2) is 4.98 Å². The molecule has 0 aliphatic carbocycles. The highest BCUT2D eigenvalue weighted by atomic mass is 32.1. The summed E-state index contributed by atoms with van der Waals surface area (Å²) in [6, 6.07) is 15.8. The van der Waals surface area contributed by atoms with E-state index >= 15 is 0 Å². The number of hydrogen-bond donors (Lipinski definition) is 1. The topological polar surface area (TPSA) is 46.9 Å². The molecule has 2 aromatic carbocycles. The maximum Gasteiger partial charge on any atom is 0.248 e. The van der Waals surface area contributed by atoms with Gasteiger partial charge in [0.2, 0.25) is 5.91 Å². The molecule has 4 nitrogen and oxygen atoms in total. The highest BCUT2D eigenvalue weighted by Gasteiger charge is 2.06. The number of carbonyl (C=O) groups is 1. The first-order valence-electron chi connectivity index (χ1n) is 7.59. The van der Waals surface area contributed by atoms with Crippen LogP contribution in [0.2, 0.25) is 0 Å². The van der Waals surface area contributed by atoms with E-state index in [4.69, 9.17) is 0 Å². The predicted octanol–water partition coefficient (Wildman–Crippen LogP) is 4.44. The highest BCUT2D eigenvalue weighted by Crippen LogP contribution is 2.24. The molecule has 5 heteroatoms. The smallest absolute Gasteiger partial charge is 0.248 e. The van der Waals surface area contributed by atoms with Gasteiger partial charge in [0.05, 0.1) is 15.9 Å². The fourth-order valence-electron chi connectivity index (χ4n) is 2.69. The molecular weight excluding hydrogens is 318 g/mol. The van der Waals surface area contributed by atoms with E-state index in [9.17, 15) is 4.79 Å². The number of carbonyl (C=O) groups excluding carboxylic acids is 1. The molecule has 4 rings (SSSR count). The molecule has 0 saturated heterocycles. The number of anilines is 1. The van der Waals surface area contributed by atoms with E-state index in [0.717, 1.165) is 31.8 Å². The molecule has 4 aromatic rings. The molecule has 118 valence electrons. The maximum absolute atomic E-state index is 12.2. The van der Waals surface area contributed by atoms with Crippen molar-refractivity contribution in [3.63, 3.8) is 0 Å². The van der Waals surface area contributed by atoms with Crippen molar-refractivity contribution in [1.82, 2.24) is 9.55 Å². The van der Waals surface area contributed by atoms with Crippen LogP contribution in [0.4, 0.5) is 5.69 Å². The Morgan fingerprint density at radius 1 is 1.17 bits per heavy atom. The molecule has 2 heterocycles. The van der Waals surface area contributed by atoms with E-state index in [2.05, 4.69) is 10.3 Å². The van der Waals surface area contributed by atoms with Crippen molar-refractivity contribution >= 4 is 50.1 Å². The lowest BCUT2D eigenvalue weighted by atomic mass is 10.2. The number of rotatable bonds is 3. The van der Waals surface area contributed by atoms with Crippen LogP contribution in [-0.2, 0) is 11.8 Å². The van der Waals surface area contributed by atoms with Crippen LogP contribution in [0.1, 0.15) is 5.01 Å². The van der Waals surface area contributed by atoms with Gasteiger partial charge >= 0.3 is 0 Å². The molecule has 0 radical (unpaired) electrons. The lowest BCUT2D eigenvalue weighted by Crippen LogP contribution is -2.07. The van der Waals surface area contributed by atoms with Gasteiger partial charge in [0, 0.05) is 30.2 Å². The minimum atomic E-state index is -0.161. The van der Waals surface area contributed by atoms with Crippen LogP contribution < -0.4 is 5.32 Å². The Morgan fingerprint density at radius 3 is 2.92 bits per heavy atom. The first-order chi connectivity index (χ1) is 11.7. The number of para-hydroxylation sites is 1. The molecule has 0 spiro atoms. The summed E-state index contributed by atoms with van der Waals surface area (Å²) in [7, 11) is 1.99. The van der Waals surface area contributed by atoms with Crippen LogP contribution in [0.15, 0.2) is 60.8 Å². The Balaban J connectivity index is 1.55. The molecule has 0 atom stereocenters. The zero-order valence-electron chi connectivity index (χ0n) is 13.1. The first kappa shape index (κ1) is 14.7. The van der Waals surface area contributed by atoms with Crippen LogP contribution in [-0.4, -0.2) is 15.5 Å². The summed E-state index contributed by atoms with van der Waals surface area (Å²) in [6.45, 7) is 0. The van der Waals surface area contributed by atoms with Crippen LogP contribution in [0.5, 0.6) is 0 Å². The molecule has 0 aliphatic rings. The second kappa shape index (κ2) is 5.94. The van der Waals surface area contributed by atoms with Crippen molar-refractivity contribution in [2.24, 2.45) is 7.05 Å². The second-order valence-corrected chi connectivity index (χ2v) is 6.57. The molecule has 24 heavy (non-hydrogen) atoms. The standard InChI is InChI=1S/C19H15N3OS/c1-22-12-11-13-14(6-4-7-16(13)22)20-18(23)9-10-19-21-15-5-2-3-8-17(15)24-19/h2-12H,1H3,(H,20,23)/b10-9+. The third kappa shape index (κ3) is 2.70. The van der Waals surface area contributed by atoms with Gasteiger partial charge in [-0.15, -0.1) is 11.3 Å². The molecular formula is C19H15N3OS. The largest absolute Gasteiger partial charge is 0.350 e. The molecule has 1 amide bonds. The summed E-state index contributed by atoms with van der Waals surface area (Å²) in [5, 5.41) is 4.79. The Labute approximate surface area is 143 Å². The predicted molar refractivity (Wildman–Crippen MR) is 100 cm³/mol. The van der Waals surface area contributed by atoms with Gasteiger partial charge in [-0.3, -0.25) is 4.79 Å². The third-order valence-corrected chi connectivity index (χ3v) is 4.88. The van der Waals surface area contributed by atoms with Crippen LogP contribution >= 0.6 is 11.3 Å². The van der Waals surface area contributed by atoms with Gasteiger partial charge in [-0.1, -0.05) is 18.2 Å². The van der Waals surface area contributed by atoms with Crippen molar-refractivity contribution in [3.05, 3.63) is 65.8 Å². The van der Waals surface area contributed by atoms with E-state index in [1.165, 1.54) is 6.08 Å². The summed E-state index contributed by atoms with van der Waals surface area (Å²) in [5.74, 6) is -0.161. The summed E-state index contributed by atoms with van der Waals surface area (Å²) >= 11 is 1.57. The lowest BCUT2D eigenvalue weighted by Gasteiger charge is -2.04. The minimum absolute atomic E-state index is 0.161. The second-order valence-electron chi connectivity index (χ2n) is 5.51. The maximum atomic E-state index is 12.2. The first-order valence-corrected chi connectivity index (χ1v) is 8.41. The van der Waals surface area contributed by atoms with Crippen LogP contribution in [0, 0.1) is 0 Å². The number of hydrogen-bond acceptors (Lipinski definition) is 3. The number of aryl methyl sites for hydroxylation is 1. The molecule has 2 aromatic heterocycles. The van der Waals surface area contributed by atoms with Gasteiger partial charge in [-0.05, 0) is 36.4 Å². The molecule has 1 N–H and O–H groups in total. The third-order valence-electron chi connectivity index (χ3n) is 3.87. The number of amides is 1. The van der Waals surface area contributed by atoms with E-state index in [1.54, 1.807) is 17.4 Å². The van der Waals surface area contributed by atoms with E-state index in [-0.39, 0.29) is 5.91 Å². The number of aromatic nitrogens is 2. The SMILES string of the molecule is Cn1ccc2c(NC(=O)/C=C/c3nc4ccccc4s3)cccc21. The average molecular weight is 333 g/mol. The molecule has 0 saturated carbocycles. The number of benzene rings is 2. The fraction of sp³-hybridized carbons (Fsp3) is 0.0526. The monoisotopic (exact) mass is 333 g/mol. The van der Waals surface area contributed by atoms with Gasteiger partial charge in [0.25, 0.3) is 0 Å². The highest BCUT2D eigenvalue weighted by molar-refractivity contribution is 7.19. The Bertz CT molecular complexity index is 1040. The lowest BCUT2D eigenvalue weighted by molar-refractivity contribution is -0.111. The van der Waals surface area contributed by atoms with Gasteiger partial charge in [0.15, 0.2) is 0 Å². The number of thiazole rings is 1. The summed E-state index contributed by atoms with van der Waals surface area (Å²) in [5.41, 5.74) is 2.85. The zero-order chi connectivity index (χ0) is 16.5. The average Bonchev–Trinajstić information content (AvgIpc) is 3.17. The number of fused-ring (bicyclic) bond motifs is 2. The Hall–Kier alpha value is -2.92.